The van der Waals surface area contributed by atoms with Crippen molar-refractivity contribution >= 4 is 0 Å². The molecule has 4 nitrogen and oxygen atoms in total. The standard InChI is InChI=1S/C14H20N4/c1-11-6-5-7-13(8-11)9-17(3)10-14-16-15-12(2)18(14)4/h5-8H,9-10H2,1-4H3. The van der Waals surface area contributed by atoms with E-state index in [0.717, 1.165) is 24.7 Å². The van der Waals surface area contributed by atoms with Crippen molar-refractivity contribution in [1.29, 1.82) is 0 Å². The van der Waals surface area contributed by atoms with Crippen LogP contribution in [0.2, 0.25) is 0 Å². The molecule has 1 aromatic carbocycles. The summed E-state index contributed by atoms with van der Waals surface area (Å²) in [6.45, 7) is 5.82. The summed E-state index contributed by atoms with van der Waals surface area (Å²) in [4.78, 5) is 2.25. The van der Waals surface area contributed by atoms with E-state index in [1.54, 1.807) is 0 Å². The van der Waals surface area contributed by atoms with Crippen molar-refractivity contribution in [3.05, 3.63) is 47.0 Å². The average Bonchev–Trinajstić information content (AvgIpc) is 2.61. The third-order valence-electron chi connectivity index (χ3n) is 3.13. The van der Waals surface area contributed by atoms with E-state index >= 15 is 0 Å². The number of aromatic nitrogens is 3. The Morgan fingerprint density at radius 2 is 1.94 bits per heavy atom. The zero-order chi connectivity index (χ0) is 13.1. The molecule has 0 saturated heterocycles. The second kappa shape index (κ2) is 5.31. The summed E-state index contributed by atoms with van der Waals surface area (Å²) in [6, 6.07) is 8.60. The van der Waals surface area contributed by atoms with Crippen LogP contribution in [-0.2, 0) is 20.1 Å². The Morgan fingerprint density at radius 1 is 1.17 bits per heavy atom. The number of rotatable bonds is 4. The molecule has 96 valence electrons. The first-order valence-electron chi connectivity index (χ1n) is 6.15. The Kier molecular flexibility index (Phi) is 3.77. The van der Waals surface area contributed by atoms with Gasteiger partial charge in [0.2, 0.25) is 0 Å². The maximum atomic E-state index is 4.19. The summed E-state index contributed by atoms with van der Waals surface area (Å²) in [7, 11) is 4.11. The topological polar surface area (TPSA) is 34.0 Å². The van der Waals surface area contributed by atoms with E-state index in [1.807, 2.05) is 18.5 Å². The predicted molar refractivity (Wildman–Crippen MR) is 72.1 cm³/mol. The Balaban J connectivity index is 2.01. The summed E-state index contributed by atoms with van der Waals surface area (Å²) in [5, 5.41) is 8.26. The molecule has 4 heteroatoms. The van der Waals surface area contributed by atoms with Crippen molar-refractivity contribution in [3.8, 4) is 0 Å². The molecule has 1 aromatic heterocycles. The second-order valence-electron chi connectivity index (χ2n) is 4.88. The van der Waals surface area contributed by atoms with E-state index in [9.17, 15) is 0 Å². The third kappa shape index (κ3) is 2.96. The van der Waals surface area contributed by atoms with E-state index in [4.69, 9.17) is 0 Å². The number of benzene rings is 1. The average molecular weight is 244 g/mol. The minimum Gasteiger partial charge on any atom is -0.317 e. The first-order valence-corrected chi connectivity index (χ1v) is 6.15. The molecule has 0 amide bonds. The highest BCUT2D eigenvalue weighted by atomic mass is 15.3. The summed E-state index contributed by atoms with van der Waals surface area (Å²) in [5.74, 6) is 1.96. The lowest BCUT2D eigenvalue weighted by atomic mass is 10.1. The Bertz CT molecular complexity index is 530. The molecule has 0 aliphatic heterocycles. The number of nitrogens with zero attached hydrogens (tertiary/aromatic N) is 4. The zero-order valence-corrected chi connectivity index (χ0v) is 11.5. The van der Waals surface area contributed by atoms with E-state index < -0.39 is 0 Å². The Morgan fingerprint density at radius 3 is 2.56 bits per heavy atom. The van der Waals surface area contributed by atoms with Crippen LogP contribution in [0.25, 0.3) is 0 Å². The van der Waals surface area contributed by atoms with Crippen LogP contribution in [0.4, 0.5) is 0 Å². The lowest BCUT2D eigenvalue weighted by Gasteiger charge is -2.16. The lowest BCUT2D eigenvalue weighted by Crippen LogP contribution is -2.19. The van der Waals surface area contributed by atoms with Gasteiger partial charge in [0, 0.05) is 13.6 Å². The van der Waals surface area contributed by atoms with Crippen molar-refractivity contribution in [2.45, 2.75) is 26.9 Å². The molecule has 0 unspecified atom stereocenters. The van der Waals surface area contributed by atoms with Gasteiger partial charge < -0.3 is 4.57 Å². The van der Waals surface area contributed by atoms with Crippen LogP contribution < -0.4 is 0 Å². The first-order chi connectivity index (χ1) is 8.56. The second-order valence-corrected chi connectivity index (χ2v) is 4.88. The molecule has 0 spiro atoms. The molecule has 0 N–H and O–H groups in total. The largest absolute Gasteiger partial charge is 0.317 e. The fourth-order valence-corrected chi connectivity index (χ4v) is 2.01. The molecule has 18 heavy (non-hydrogen) atoms. The number of hydrogen-bond donors (Lipinski definition) is 0. The van der Waals surface area contributed by atoms with Crippen molar-refractivity contribution in [2.24, 2.45) is 7.05 Å². The van der Waals surface area contributed by atoms with Gasteiger partial charge >= 0.3 is 0 Å². The van der Waals surface area contributed by atoms with Gasteiger partial charge in [-0.25, -0.2) is 0 Å². The van der Waals surface area contributed by atoms with Gasteiger partial charge in [0.1, 0.15) is 11.6 Å². The molecular formula is C14H20N4. The monoisotopic (exact) mass is 244 g/mol. The molecule has 1 heterocycles. The first kappa shape index (κ1) is 12.8. The van der Waals surface area contributed by atoms with Crippen LogP contribution in [0.3, 0.4) is 0 Å². The fourth-order valence-electron chi connectivity index (χ4n) is 2.01. The molecule has 0 atom stereocenters. The normalized spacial score (nSPS) is 11.2. The predicted octanol–water partition coefficient (Wildman–Crippen LogP) is 2.06. The van der Waals surface area contributed by atoms with Gasteiger partial charge in [-0.3, -0.25) is 4.90 Å². The van der Waals surface area contributed by atoms with Gasteiger partial charge in [0.05, 0.1) is 6.54 Å². The highest BCUT2D eigenvalue weighted by Crippen LogP contribution is 2.09. The van der Waals surface area contributed by atoms with Gasteiger partial charge in [0.15, 0.2) is 0 Å². The van der Waals surface area contributed by atoms with Crippen LogP contribution in [0, 0.1) is 13.8 Å². The van der Waals surface area contributed by atoms with Crippen LogP contribution >= 0.6 is 0 Å². The van der Waals surface area contributed by atoms with Gasteiger partial charge in [-0.1, -0.05) is 29.8 Å². The van der Waals surface area contributed by atoms with Gasteiger partial charge in [-0.2, -0.15) is 0 Å². The maximum absolute atomic E-state index is 4.19. The highest BCUT2D eigenvalue weighted by Gasteiger charge is 2.08. The van der Waals surface area contributed by atoms with Crippen molar-refractivity contribution in [1.82, 2.24) is 19.7 Å². The van der Waals surface area contributed by atoms with Crippen molar-refractivity contribution in [3.63, 3.8) is 0 Å². The minimum atomic E-state index is 0.811. The smallest absolute Gasteiger partial charge is 0.146 e. The molecule has 0 aliphatic rings. The summed E-state index contributed by atoms with van der Waals surface area (Å²) < 4.78 is 2.03. The van der Waals surface area contributed by atoms with E-state index in [2.05, 4.69) is 53.3 Å². The van der Waals surface area contributed by atoms with Crippen molar-refractivity contribution < 1.29 is 0 Å². The minimum absolute atomic E-state index is 0.811. The number of aryl methyl sites for hydroxylation is 2. The third-order valence-corrected chi connectivity index (χ3v) is 3.13. The van der Waals surface area contributed by atoms with Crippen LogP contribution in [0.1, 0.15) is 22.8 Å². The van der Waals surface area contributed by atoms with Gasteiger partial charge in [-0.05, 0) is 26.5 Å². The summed E-state index contributed by atoms with van der Waals surface area (Å²) in [5.41, 5.74) is 2.63. The fraction of sp³-hybridized carbons (Fsp3) is 0.429. The SMILES string of the molecule is Cc1cccc(CN(C)Cc2nnc(C)n2C)c1. The van der Waals surface area contributed by atoms with Crippen LogP contribution in [-0.4, -0.2) is 26.7 Å². The maximum Gasteiger partial charge on any atom is 0.146 e. The number of hydrogen-bond acceptors (Lipinski definition) is 3. The van der Waals surface area contributed by atoms with Gasteiger partial charge in [-0.15, -0.1) is 10.2 Å². The molecular weight excluding hydrogens is 224 g/mol. The molecule has 0 radical (unpaired) electrons. The Hall–Kier alpha value is -1.68. The molecule has 0 fully saturated rings. The summed E-state index contributed by atoms with van der Waals surface area (Å²) in [6.07, 6.45) is 0. The summed E-state index contributed by atoms with van der Waals surface area (Å²) >= 11 is 0. The lowest BCUT2D eigenvalue weighted by molar-refractivity contribution is 0.306. The molecule has 0 aliphatic carbocycles. The molecule has 0 bridgehead atoms. The van der Waals surface area contributed by atoms with E-state index in [-0.39, 0.29) is 0 Å². The Labute approximate surface area is 108 Å². The molecule has 0 saturated carbocycles. The van der Waals surface area contributed by atoms with Crippen LogP contribution in [0.5, 0.6) is 0 Å². The van der Waals surface area contributed by atoms with Crippen molar-refractivity contribution in [2.75, 3.05) is 7.05 Å². The molecule has 2 aromatic rings. The van der Waals surface area contributed by atoms with Gasteiger partial charge in [0.25, 0.3) is 0 Å². The van der Waals surface area contributed by atoms with E-state index in [0.29, 0.717) is 0 Å². The molecule has 2 rings (SSSR count). The zero-order valence-electron chi connectivity index (χ0n) is 11.5. The van der Waals surface area contributed by atoms with E-state index in [1.165, 1.54) is 11.1 Å². The quantitative estimate of drug-likeness (QED) is 0.825. The van der Waals surface area contributed by atoms with Crippen LogP contribution in [0.15, 0.2) is 24.3 Å². The highest BCUT2D eigenvalue weighted by molar-refractivity contribution is 5.22.